The molecule has 0 fully saturated rings. The van der Waals surface area contributed by atoms with Crippen molar-refractivity contribution in [3.63, 3.8) is 0 Å². The maximum absolute atomic E-state index is 4.40. The van der Waals surface area contributed by atoms with Gasteiger partial charge in [0.15, 0.2) is 0 Å². The van der Waals surface area contributed by atoms with E-state index in [1.165, 1.54) is 0 Å². The van der Waals surface area contributed by atoms with Crippen molar-refractivity contribution in [1.29, 1.82) is 0 Å². The Morgan fingerprint density at radius 1 is 1.25 bits per heavy atom. The molecule has 16 heavy (non-hydrogen) atoms. The Hall–Kier alpha value is -1.75. The molecule has 5 heteroatoms. The molecular formula is C11H10N4S. The van der Waals surface area contributed by atoms with Gasteiger partial charge in [0.25, 0.3) is 0 Å². The summed E-state index contributed by atoms with van der Waals surface area (Å²) in [6, 6.07) is 3.93. The molecule has 1 N–H and O–H groups in total. The van der Waals surface area contributed by atoms with Gasteiger partial charge in [-0.2, -0.15) is 0 Å². The predicted octanol–water partition coefficient (Wildman–Crippen LogP) is 1.55. The molecule has 4 nitrogen and oxygen atoms in total. The molecule has 2 aromatic heterocycles. The third kappa shape index (κ3) is 1.69. The minimum absolute atomic E-state index is 0.859. The summed E-state index contributed by atoms with van der Waals surface area (Å²) < 4.78 is 0. The molecule has 1 aliphatic rings. The largest absolute Gasteiger partial charge is 0.367 e. The predicted molar refractivity (Wildman–Crippen MR) is 64.8 cm³/mol. The highest BCUT2D eigenvalue weighted by molar-refractivity contribution is 7.17. The van der Waals surface area contributed by atoms with Crippen LogP contribution in [-0.2, 0) is 0 Å². The van der Waals surface area contributed by atoms with E-state index in [-0.39, 0.29) is 0 Å². The molecular weight excluding hydrogens is 220 g/mol. The lowest BCUT2D eigenvalue weighted by Crippen LogP contribution is -2.18. The van der Waals surface area contributed by atoms with Crippen LogP contribution in [0.25, 0.3) is 10.6 Å². The van der Waals surface area contributed by atoms with Crippen LogP contribution in [0.3, 0.4) is 0 Å². The van der Waals surface area contributed by atoms with Gasteiger partial charge >= 0.3 is 0 Å². The number of nitrogens with zero attached hydrogens (tertiary/aromatic N) is 3. The lowest BCUT2D eigenvalue weighted by atomic mass is 10.3. The summed E-state index contributed by atoms with van der Waals surface area (Å²) in [6.45, 7) is 1.79. The fraction of sp³-hybridized carbons (Fsp3) is 0.182. The number of aliphatic imine (C=N–C) groups is 1. The molecule has 0 aliphatic carbocycles. The van der Waals surface area contributed by atoms with Crippen molar-refractivity contribution in [2.75, 3.05) is 13.1 Å². The van der Waals surface area contributed by atoms with Crippen molar-refractivity contribution in [3.8, 4) is 10.6 Å². The zero-order chi connectivity index (χ0) is 10.8. The molecule has 0 unspecified atom stereocenters. The van der Waals surface area contributed by atoms with Crippen LogP contribution in [0, 0.1) is 0 Å². The number of nitrogens with one attached hydrogen (secondary N) is 1. The van der Waals surface area contributed by atoms with E-state index in [0.717, 1.165) is 34.4 Å². The summed E-state index contributed by atoms with van der Waals surface area (Å²) >= 11 is 1.65. The monoisotopic (exact) mass is 230 g/mol. The van der Waals surface area contributed by atoms with E-state index in [2.05, 4.69) is 20.3 Å². The van der Waals surface area contributed by atoms with Gasteiger partial charge in [-0.1, -0.05) is 0 Å². The Balaban J connectivity index is 1.94. The van der Waals surface area contributed by atoms with Gasteiger partial charge in [-0.05, 0) is 12.1 Å². The summed E-state index contributed by atoms with van der Waals surface area (Å²) in [5.41, 5.74) is 1.10. The first-order valence-corrected chi connectivity index (χ1v) is 5.90. The molecule has 0 atom stereocenters. The average Bonchev–Trinajstić information content (AvgIpc) is 3.01. The van der Waals surface area contributed by atoms with Crippen molar-refractivity contribution in [3.05, 3.63) is 35.6 Å². The third-order valence-corrected chi connectivity index (χ3v) is 3.39. The third-order valence-electron chi connectivity index (χ3n) is 2.34. The lowest BCUT2D eigenvalue weighted by Gasteiger charge is -1.95. The smallest absolute Gasteiger partial charge is 0.140 e. The van der Waals surface area contributed by atoms with E-state index in [4.69, 9.17) is 0 Å². The molecule has 1 aliphatic heterocycles. The maximum atomic E-state index is 4.40. The average molecular weight is 230 g/mol. The van der Waals surface area contributed by atoms with Crippen LogP contribution in [0.4, 0.5) is 0 Å². The first-order chi connectivity index (χ1) is 7.93. The number of rotatable bonds is 2. The first-order valence-electron chi connectivity index (χ1n) is 5.08. The topological polar surface area (TPSA) is 50.2 Å². The second-order valence-corrected chi connectivity index (χ2v) is 4.45. The first kappa shape index (κ1) is 9.47. The van der Waals surface area contributed by atoms with Gasteiger partial charge in [-0.3, -0.25) is 9.98 Å². The number of pyridine rings is 1. The van der Waals surface area contributed by atoms with E-state index < -0.39 is 0 Å². The van der Waals surface area contributed by atoms with Gasteiger partial charge in [0.1, 0.15) is 10.8 Å². The molecule has 0 radical (unpaired) electrons. The minimum Gasteiger partial charge on any atom is -0.367 e. The Labute approximate surface area is 97.1 Å². The molecule has 0 bridgehead atoms. The van der Waals surface area contributed by atoms with Crippen molar-refractivity contribution in [2.45, 2.75) is 0 Å². The summed E-state index contributed by atoms with van der Waals surface area (Å²) in [7, 11) is 0. The van der Waals surface area contributed by atoms with Crippen LogP contribution < -0.4 is 5.32 Å². The van der Waals surface area contributed by atoms with E-state index >= 15 is 0 Å². The van der Waals surface area contributed by atoms with E-state index in [1.807, 2.05) is 18.3 Å². The van der Waals surface area contributed by atoms with Crippen LogP contribution in [0.5, 0.6) is 0 Å². The number of thiazole rings is 1. The van der Waals surface area contributed by atoms with E-state index in [0.29, 0.717) is 0 Å². The second-order valence-electron chi connectivity index (χ2n) is 3.42. The number of hydrogen-bond donors (Lipinski definition) is 1. The van der Waals surface area contributed by atoms with Crippen LogP contribution in [-0.4, -0.2) is 28.9 Å². The van der Waals surface area contributed by atoms with Gasteiger partial charge in [0.05, 0.1) is 11.4 Å². The lowest BCUT2D eigenvalue weighted by molar-refractivity contribution is 0.960. The van der Waals surface area contributed by atoms with Gasteiger partial charge in [-0.25, -0.2) is 4.98 Å². The van der Waals surface area contributed by atoms with Gasteiger partial charge in [-0.15, -0.1) is 11.3 Å². The summed E-state index contributed by atoms with van der Waals surface area (Å²) in [5.74, 6) is 0.970. The molecule has 80 valence electrons. The molecule has 0 saturated carbocycles. The van der Waals surface area contributed by atoms with Crippen molar-refractivity contribution in [2.24, 2.45) is 4.99 Å². The highest BCUT2D eigenvalue weighted by Gasteiger charge is 2.12. The number of aromatic nitrogens is 2. The Morgan fingerprint density at radius 2 is 2.12 bits per heavy atom. The van der Waals surface area contributed by atoms with Crippen molar-refractivity contribution in [1.82, 2.24) is 15.3 Å². The standard InChI is InChI=1S/C11H10N4S/c1-3-12-4-2-8(1)11-15-7-9(16-11)10-13-5-6-14-10/h1-4,7H,5-6H2,(H,13,14). The Bertz CT molecular complexity index is 518. The normalized spacial score (nSPS) is 14.6. The summed E-state index contributed by atoms with van der Waals surface area (Å²) in [4.78, 5) is 13.9. The number of amidine groups is 1. The quantitative estimate of drug-likeness (QED) is 0.851. The molecule has 0 saturated heterocycles. The molecule has 3 heterocycles. The molecule has 0 amide bonds. The minimum atomic E-state index is 0.859. The van der Waals surface area contributed by atoms with Gasteiger partial charge < -0.3 is 5.32 Å². The highest BCUT2D eigenvalue weighted by Crippen LogP contribution is 2.24. The SMILES string of the molecule is c1cc(-c2ncc(C3=NCCN3)s2)ccn1. The van der Waals surface area contributed by atoms with Crippen molar-refractivity contribution < 1.29 is 0 Å². The van der Waals surface area contributed by atoms with Crippen LogP contribution in [0.2, 0.25) is 0 Å². The molecule has 2 aromatic rings. The van der Waals surface area contributed by atoms with Crippen molar-refractivity contribution >= 4 is 17.2 Å². The van der Waals surface area contributed by atoms with Crippen LogP contribution in [0.15, 0.2) is 35.7 Å². The Kier molecular flexibility index (Phi) is 2.38. The molecule has 0 aromatic carbocycles. The number of hydrogen-bond acceptors (Lipinski definition) is 5. The molecule has 0 spiro atoms. The van der Waals surface area contributed by atoms with Gasteiger partial charge in [0.2, 0.25) is 0 Å². The fourth-order valence-electron chi connectivity index (χ4n) is 1.57. The van der Waals surface area contributed by atoms with E-state index in [1.54, 1.807) is 23.7 Å². The highest BCUT2D eigenvalue weighted by atomic mass is 32.1. The van der Waals surface area contributed by atoms with Crippen LogP contribution >= 0.6 is 11.3 Å². The zero-order valence-corrected chi connectivity index (χ0v) is 9.37. The van der Waals surface area contributed by atoms with Gasteiger partial charge in [0, 0.05) is 30.7 Å². The Morgan fingerprint density at radius 3 is 2.88 bits per heavy atom. The zero-order valence-electron chi connectivity index (χ0n) is 8.55. The molecule has 3 rings (SSSR count). The van der Waals surface area contributed by atoms with Crippen LogP contribution in [0.1, 0.15) is 4.88 Å². The van der Waals surface area contributed by atoms with E-state index in [9.17, 15) is 0 Å². The summed E-state index contributed by atoms with van der Waals surface area (Å²) in [5, 5.41) is 4.25. The maximum Gasteiger partial charge on any atom is 0.140 e. The summed E-state index contributed by atoms with van der Waals surface area (Å²) in [6.07, 6.45) is 5.43. The second kappa shape index (κ2) is 4.02. The fourth-order valence-corrected chi connectivity index (χ4v) is 2.48.